The van der Waals surface area contributed by atoms with Crippen LogP contribution in [0.15, 0.2) is 53.8 Å². The zero-order chi connectivity index (χ0) is 26.0. The lowest BCUT2D eigenvalue weighted by molar-refractivity contribution is -0.141. The summed E-state index contributed by atoms with van der Waals surface area (Å²) in [5.74, 6) is -1.62. The summed E-state index contributed by atoms with van der Waals surface area (Å²) in [6.07, 6.45) is -1.02. The highest BCUT2D eigenvalue weighted by molar-refractivity contribution is 8.00. The minimum Gasteiger partial charge on any atom is -0.480 e. The number of hydrogen-bond acceptors (Lipinski definition) is 8. The largest absolute Gasteiger partial charge is 0.480 e. The van der Waals surface area contributed by atoms with Crippen molar-refractivity contribution in [1.82, 2.24) is 14.8 Å². The molecule has 9 nitrogen and oxygen atoms in total. The first-order valence-electron chi connectivity index (χ1n) is 10.1. The van der Waals surface area contributed by atoms with Crippen LogP contribution in [0.25, 0.3) is 0 Å². The first-order valence-corrected chi connectivity index (χ1v) is 11.5. The van der Waals surface area contributed by atoms with Crippen molar-refractivity contribution in [1.29, 1.82) is 0 Å². The van der Waals surface area contributed by atoms with Crippen molar-refractivity contribution in [2.24, 2.45) is 5.73 Å². The van der Waals surface area contributed by atoms with Crippen LogP contribution in [0.3, 0.4) is 0 Å². The molecule has 190 valence electrons. The number of aliphatic carboxylic acids is 1. The first-order chi connectivity index (χ1) is 16.3. The van der Waals surface area contributed by atoms with Crippen molar-refractivity contribution in [3.8, 4) is 5.75 Å². The van der Waals surface area contributed by atoms with Gasteiger partial charge in [-0.2, -0.15) is 18.3 Å². The van der Waals surface area contributed by atoms with E-state index < -0.39 is 46.3 Å². The van der Waals surface area contributed by atoms with Crippen LogP contribution in [0.2, 0.25) is 0 Å². The van der Waals surface area contributed by atoms with E-state index in [9.17, 15) is 28.2 Å². The van der Waals surface area contributed by atoms with E-state index in [1.54, 1.807) is 0 Å². The van der Waals surface area contributed by atoms with Gasteiger partial charge in [-0.3, -0.25) is 4.79 Å². The van der Waals surface area contributed by atoms with Gasteiger partial charge in [0.25, 0.3) is 0 Å². The third kappa shape index (κ3) is 6.55. The van der Waals surface area contributed by atoms with Crippen LogP contribution in [0, 0.1) is 0 Å². The van der Waals surface area contributed by atoms with Crippen LogP contribution in [0.1, 0.15) is 18.1 Å². The minimum atomic E-state index is -4.82. The standard InChI is InChI=1S/C21H22ClF3N4O5S/c1-20(33,8-29-10-27-9-28-29)12-3-2-11(6-13(12)21(23,24)25)34-16-5-4-14(22)18(17(16)30)35-7-15(26)19(31)32/h2-6,9-10,15,17-18,30,33H,7-8,26H2,1H3,(H,31,32)/t15-,17?,18?,20?/m0/s1. The molecule has 2 aromatic rings. The Morgan fingerprint density at radius 2 is 2.06 bits per heavy atom. The van der Waals surface area contributed by atoms with E-state index >= 15 is 0 Å². The Labute approximate surface area is 207 Å². The van der Waals surface area contributed by atoms with Gasteiger partial charge < -0.3 is 25.8 Å². The number of aromatic nitrogens is 3. The van der Waals surface area contributed by atoms with Crippen LogP contribution in [-0.2, 0) is 23.1 Å². The zero-order valence-corrected chi connectivity index (χ0v) is 19.8. The summed E-state index contributed by atoms with van der Waals surface area (Å²) in [4.78, 5) is 14.7. The second-order valence-corrected chi connectivity index (χ2v) is 9.55. The number of hydrogen-bond donors (Lipinski definition) is 4. The summed E-state index contributed by atoms with van der Waals surface area (Å²) in [7, 11) is 0. The summed E-state index contributed by atoms with van der Waals surface area (Å²) in [5.41, 5.74) is 2.02. The fourth-order valence-electron chi connectivity index (χ4n) is 3.34. The molecule has 14 heteroatoms. The Kier molecular flexibility index (Phi) is 8.17. The normalized spacial score (nSPS) is 21.0. The fourth-order valence-corrected chi connectivity index (χ4v) is 4.82. The van der Waals surface area contributed by atoms with Gasteiger partial charge in [0.1, 0.15) is 41.9 Å². The Morgan fingerprint density at radius 1 is 1.34 bits per heavy atom. The number of rotatable bonds is 9. The highest BCUT2D eigenvalue weighted by atomic mass is 35.5. The molecule has 0 aliphatic heterocycles. The van der Waals surface area contributed by atoms with E-state index in [-0.39, 0.29) is 28.8 Å². The molecule has 0 bridgehead atoms. The molecule has 1 aromatic heterocycles. The van der Waals surface area contributed by atoms with Gasteiger partial charge in [-0.15, -0.1) is 11.8 Å². The maximum Gasteiger partial charge on any atom is 0.416 e. The molecule has 0 spiro atoms. The molecule has 5 N–H and O–H groups in total. The summed E-state index contributed by atoms with van der Waals surface area (Å²) < 4.78 is 48.4. The number of carboxylic acid groups (broad SMARTS) is 1. The number of allylic oxidation sites excluding steroid dienone is 2. The van der Waals surface area contributed by atoms with Crippen molar-refractivity contribution < 1.29 is 38.0 Å². The SMILES string of the molecule is CC(O)(Cn1cncn1)c1ccc(OC2=CC=C(Cl)C(SC[C@H](N)C(=O)O)C2O)cc1C(F)(F)F. The van der Waals surface area contributed by atoms with E-state index in [1.807, 2.05) is 0 Å². The monoisotopic (exact) mass is 534 g/mol. The molecule has 3 rings (SSSR count). The van der Waals surface area contributed by atoms with Gasteiger partial charge in [-0.25, -0.2) is 9.67 Å². The average molecular weight is 535 g/mol. The minimum absolute atomic E-state index is 0.0673. The van der Waals surface area contributed by atoms with Gasteiger partial charge >= 0.3 is 12.1 Å². The van der Waals surface area contributed by atoms with Crippen LogP contribution >= 0.6 is 23.4 Å². The summed E-state index contributed by atoms with van der Waals surface area (Å²) >= 11 is 7.10. The van der Waals surface area contributed by atoms with Crippen LogP contribution in [0.4, 0.5) is 13.2 Å². The summed E-state index contributed by atoms with van der Waals surface area (Å²) in [6, 6.07) is 1.85. The topological polar surface area (TPSA) is 144 Å². The maximum atomic E-state index is 13.9. The molecule has 3 unspecified atom stereocenters. The second-order valence-electron chi connectivity index (χ2n) is 7.94. The molecule has 1 aromatic carbocycles. The Morgan fingerprint density at radius 3 is 2.66 bits per heavy atom. The number of aliphatic hydroxyl groups is 2. The smallest absolute Gasteiger partial charge is 0.416 e. The Hall–Kier alpha value is -2.58. The van der Waals surface area contributed by atoms with Crippen LogP contribution < -0.4 is 10.5 Å². The zero-order valence-electron chi connectivity index (χ0n) is 18.2. The number of nitrogens with zero attached hydrogens (tertiary/aromatic N) is 3. The highest BCUT2D eigenvalue weighted by Crippen LogP contribution is 2.40. The maximum absolute atomic E-state index is 13.9. The Bertz CT molecular complexity index is 1120. The molecule has 1 heterocycles. The number of alkyl halides is 3. The van der Waals surface area contributed by atoms with Crippen molar-refractivity contribution in [2.75, 3.05) is 5.75 Å². The lowest BCUT2D eigenvalue weighted by atomic mass is 9.90. The number of thioether (sulfide) groups is 1. The van der Waals surface area contributed by atoms with E-state index in [0.717, 1.165) is 23.9 Å². The van der Waals surface area contributed by atoms with Gasteiger partial charge in [-0.1, -0.05) is 17.7 Å². The summed E-state index contributed by atoms with van der Waals surface area (Å²) in [6.45, 7) is 0.949. The lowest BCUT2D eigenvalue weighted by Crippen LogP contribution is -2.36. The molecule has 0 amide bonds. The molecule has 0 radical (unpaired) electrons. The fraction of sp³-hybridized carbons (Fsp3) is 0.381. The molecule has 1 aliphatic rings. The molecule has 4 atom stereocenters. The van der Waals surface area contributed by atoms with Crippen LogP contribution in [0.5, 0.6) is 5.75 Å². The van der Waals surface area contributed by atoms with E-state index in [2.05, 4.69) is 10.1 Å². The number of aliphatic hydroxyl groups excluding tert-OH is 1. The van der Waals surface area contributed by atoms with Gasteiger partial charge in [0, 0.05) is 10.8 Å². The molecule has 1 aliphatic carbocycles. The lowest BCUT2D eigenvalue weighted by Gasteiger charge is -2.29. The summed E-state index contributed by atoms with van der Waals surface area (Å²) in [5, 5.41) is 33.6. The number of carboxylic acids is 1. The van der Waals surface area contributed by atoms with Crippen LogP contribution in [-0.4, -0.2) is 59.2 Å². The van der Waals surface area contributed by atoms with Crippen molar-refractivity contribution in [2.45, 2.75) is 42.6 Å². The van der Waals surface area contributed by atoms with Gasteiger partial charge in [0.2, 0.25) is 0 Å². The number of halogens is 4. The third-order valence-electron chi connectivity index (χ3n) is 5.08. The molecule has 0 fully saturated rings. The number of ether oxygens (including phenoxy) is 1. The van der Waals surface area contributed by atoms with E-state index in [0.29, 0.717) is 0 Å². The Balaban J connectivity index is 1.84. The van der Waals surface area contributed by atoms with Gasteiger partial charge in [0.15, 0.2) is 0 Å². The predicted octanol–water partition coefficient (Wildman–Crippen LogP) is 2.48. The molecular formula is C21H22ClF3N4O5S. The highest BCUT2D eigenvalue weighted by Gasteiger charge is 2.40. The molecular weight excluding hydrogens is 513 g/mol. The van der Waals surface area contributed by atoms with Crippen molar-refractivity contribution in [3.05, 3.63) is 64.9 Å². The predicted molar refractivity (Wildman–Crippen MR) is 122 cm³/mol. The van der Waals surface area contributed by atoms with E-state index in [1.165, 1.54) is 42.5 Å². The molecule has 35 heavy (non-hydrogen) atoms. The molecule has 0 saturated carbocycles. The van der Waals surface area contributed by atoms with E-state index in [4.69, 9.17) is 27.2 Å². The van der Waals surface area contributed by atoms with Crippen molar-refractivity contribution >= 4 is 29.3 Å². The third-order valence-corrected chi connectivity index (χ3v) is 6.99. The number of benzene rings is 1. The first kappa shape index (κ1) is 27.0. The average Bonchev–Trinajstić information content (AvgIpc) is 3.27. The quantitative estimate of drug-likeness (QED) is 0.381. The second kappa shape index (κ2) is 10.6. The van der Waals surface area contributed by atoms with Gasteiger partial charge in [-0.05, 0) is 36.8 Å². The number of nitrogens with two attached hydrogens (primary N) is 1. The number of carbonyl (C=O) groups is 1. The van der Waals surface area contributed by atoms with Gasteiger partial charge in [0.05, 0.1) is 17.4 Å². The van der Waals surface area contributed by atoms with Crippen molar-refractivity contribution in [3.63, 3.8) is 0 Å². The molecule has 0 saturated heterocycles.